The van der Waals surface area contributed by atoms with Gasteiger partial charge >= 0.3 is 0 Å². The van der Waals surface area contributed by atoms with Crippen LogP contribution in [0.2, 0.25) is 0 Å². The second-order valence-electron chi connectivity index (χ2n) is 7.93. The Balaban J connectivity index is 0.000000640. The number of unbranched alkanes of at least 4 members (excludes halogenated alkanes) is 1. The van der Waals surface area contributed by atoms with Crippen LogP contribution in [0.15, 0.2) is 24.3 Å². The number of carbonyl (C=O) groups excluding carboxylic acids is 2. The molecule has 1 atom stereocenters. The molecule has 1 aromatic carbocycles. The molecule has 156 valence electrons. The van der Waals surface area contributed by atoms with Crippen molar-refractivity contribution in [2.24, 2.45) is 5.41 Å². The lowest BCUT2D eigenvalue weighted by atomic mass is 9.73. The Labute approximate surface area is 174 Å². The Morgan fingerprint density at radius 1 is 1.04 bits per heavy atom. The van der Waals surface area contributed by atoms with Gasteiger partial charge in [-0.2, -0.15) is 0 Å². The molecule has 1 aliphatic heterocycles. The number of nitrogens with one attached hydrogen (secondary N) is 1. The van der Waals surface area contributed by atoms with Crippen LogP contribution in [0.3, 0.4) is 0 Å². The third kappa shape index (κ3) is 6.84. The molecule has 3 rings (SSSR count). The van der Waals surface area contributed by atoms with E-state index in [4.69, 9.17) is 4.74 Å². The van der Waals surface area contributed by atoms with Crippen LogP contribution < -0.4 is 10.1 Å². The first-order valence-corrected chi connectivity index (χ1v) is 11.6. The largest absolute Gasteiger partial charge is 0.493 e. The molecule has 2 amide bonds. The molecular weight excluding hydrogens is 370 g/mol. The lowest BCUT2D eigenvalue weighted by molar-refractivity contribution is -0.118. The van der Waals surface area contributed by atoms with Crippen molar-refractivity contribution >= 4 is 22.9 Å². The Bertz CT molecular complexity index is 621. The highest BCUT2D eigenvalue weighted by atomic mass is 32.2. The Morgan fingerprint density at radius 3 is 2.18 bits per heavy atom. The van der Waals surface area contributed by atoms with Crippen LogP contribution in [0.25, 0.3) is 0 Å². The summed E-state index contributed by atoms with van der Waals surface area (Å²) in [5.74, 6) is 0.698. The number of rotatable bonds is 7. The summed E-state index contributed by atoms with van der Waals surface area (Å²) in [6.45, 7) is 7.42. The van der Waals surface area contributed by atoms with Crippen molar-refractivity contribution in [2.75, 3.05) is 6.61 Å². The molecule has 0 aromatic heterocycles. The van der Waals surface area contributed by atoms with Gasteiger partial charge in [0.05, 0.1) is 11.9 Å². The van der Waals surface area contributed by atoms with E-state index in [9.17, 15) is 9.59 Å². The third-order valence-electron chi connectivity index (χ3n) is 5.82. The highest BCUT2D eigenvalue weighted by molar-refractivity contribution is 8.15. The van der Waals surface area contributed by atoms with Gasteiger partial charge in [0, 0.05) is 5.41 Å². The number of amides is 2. The topological polar surface area (TPSA) is 55.4 Å². The molecule has 1 saturated heterocycles. The van der Waals surface area contributed by atoms with Gasteiger partial charge in [-0.05, 0) is 43.4 Å². The molecule has 2 aliphatic rings. The van der Waals surface area contributed by atoms with Crippen LogP contribution in [0.5, 0.6) is 5.75 Å². The summed E-state index contributed by atoms with van der Waals surface area (Å²) in [6.07, 6.45) is 10.9. The van der Waals surface area contributed by atoms with E-state index in [1.165, 1.54) is 51.4 Å². The number of thioether (sulfide) groups is 1. The van der Waals surface area contributed by atoms with Crippen LogP contribution in [0.4, 0.5) is 4.79 Å². The average Bonchev–Trinajstić information content (AvgIpc) is 3.05. The van der Waals surface area contributed by atoms with E-state index in [1.54, 1.807) is 0 Å². The van der Waals surface area contributed by atoms with Gasteiger partial charge in [0.1, 0.15) is 5.75 Å². The van der Waals surface area contributed by atoms with Crippen molar-refractivity contribution < 1.29 is 14.3 Å². The molecule has 2 fully saturated rings. The second-order valence-corrected chi connectivity index (χ2v) is 9.11. The predicted octanol–water partition coefficient (Wildman–Crippen LogP) is 6.13. The first-order valence-electron chi connectivity index (χ1n) is 10.7. The lowest BCUT2D eigenvalue weighted by Crippen LogP contribution is -2.30. The minimum atomic E-state index is -0.310. The van der Waals surface area contributed by atoms with Gasteiger partial charge in [-0.15, -0.1) is 0 Å². The number of imide groups is 1. The summed E-state index contributed by atoms with van der Waals surface area (Å²) in [6, 6.07) is 7.93. The van der Waals surface area contributed by atoms with Crippen molar-refractivity contribution in [1.29, 1.82) is 0 Å². The predicted molar refractivity (Wildman–Crippen MR) is 117 cm³/mol. The van der Waals surface area contributed by atoms with E-state index in [2.05, 4.69) is 26.1 Å². The maximum Gasteiger partial charge on any atom is 0.286 e. The molecule has 1 aliphatic carbocycles. The molecule has 1 unspecified atom stereocenters. The number of carbonyl (C=O) groups is 2. The van der Waals surface area contributed by atoms with Crippen LogP contribution in [0, 0.1) is 5.41 Å². The summed E-state index contributed by atoms with van der Waals surface area (Å²) in [4.78, 5) is 22.8. The summed E-state index contributed by atoms with van der Waals surface area (Å²) in [5, 5.41) is 1.77. The monoisotopic (exact) mass is 405 g/mol. The smallest absolute Gasteiger partial charge is 0.286 e. The van der Waals surface area contributed by atoms with Gasteiger partial charge < -0.3 is 4.74 Å². The lowest BCUT2D eigenvalue weighted by Gasteiger charge is -2.36. The Hall–Kier alpha value is -1.49. The van der Waals surface area contributed by atoms with E-state index < -0.39 is 0 Å². The van der Waals surface area contributed by atoms with Crippen LogP contribution in [-0.2, 0) is 11.2 Å². The highest BCUT2D eigenvalue weighted by Gasteiger charge is 2.32. The second kappa shape index (κ2) is 11.5. The van der Waals surface area contributed by atoms with Crippen molar-refractivity contribution in [3.63, 3.8) is 0 Å². The zero-order chi connectivity index (χ0) is 20.4. The molecule has 4 nitrogen and oxygen atoms in total. The number of hydrogen-bond acceptors (Lipinski definition) is 4. The number of benzene rings is 1. The molecule has 1 aromatic rings. The fourth-order valence-electron chi connectivity index (χ4n) is 3.60. The normalized spacial score (nSPS) is 20.9. The maximum absolute atomic E-state index is 11.6. The zero-order valence-corrected chi connectivity index (χ0v) is 18.4. The van der Waals surface area contributed by atoms with E-state index in [-0.39, 0.29) is 16.4 Å². The molecule has 1 saturated carbocycles. The minimum Gasteiger partial charge on any atom is -0.493 e. The Morgan fingerprint density at radius 2 is 1.68 bits per heavy atom. The van der Waals surface area contributed by atoms with E-state index in [0.717, 1.165) is 29.7 Å². The van der Waals surface area contributed by atoms with Gasteiger partial charge in [-0.1, -0.05) is 76.8 Å². The molecule has 0 bridgehead atoms. The van der Waals surface area contributed by atoms with Crippen LogP contribution in [0.1, 0.15) is 77.7 Å². The summed E-state index contributed by atoms with van der Waals surface area (Å²) in [7, 11) is 0. The molecule has 0 spiro atoms. The van der Waals surface area contributed by atoms with Crippen LogP contribution >= 0.6 is 11.8 Å². The quantitative estimate of drug-likeness (QED) is 0.593. The molecule has 28 heavy (non-hydrogen) atoms. The van der Waals surface area contributed by atoms with Crippen LogP contribution in [-0.4, -0.2) is 23.0 Å². The van der Waals surface area contributed by atoms with Crippen molar-refractivity contribution in [2.45, 2.75) is 83.8 Å². The molecule has 1 heterocycles. The third-order valence-corrected chi connectivity index (χ3v) is 6.80. The molecule has 1 N–H and O–H groups in total. The van der Waals surface area contributed by atoms with E-state index in [0.29, 0.717) is 11.8 Å². The van der Waals surface area contributed by atoms with Crippen molar-refractivity contribution in [3.05, 3.63) is 29.8 Å². The van der Waals surface area contributed by atoms with Crippen molar-refractivity contribution in [1.82, 2.24) is 5.32 Å². The zero-order valence-electron chi connectivity index (χ0n) is 17.6. The van der Waals surface area contributed by atoms with Gasteiger partial charge in [0.2, 0.25) is 5.91 Å². The number of hydrogen-bond donors (Lipinski definition) is 1. The summed E-state index contributed by atoms with van der Waals surface area (Å²) < 4.78 is 6.06. The minimum absolute atomic E-state index is 0.187. The first kappa shape index (κ1) is 22.8. The maximum atomic E-state index is 11.6. The molecule has 5 heteroatoms. The summed E-state index contributed by atoms with van der Waals surface area (Å²) >= 11 is 1.07. The highest BCUT2D eigenvalue weighted by Crippen LogP contribution is 2.39. The van der Waals surface area contributed by atoms with E-state index in [1.807, 2.05) is 24.3 Å². The Kier molecular flexibility index (Phi) is 9.36. The fourth-order valence-corrected chi connectivity index (χ4v) is 4.46. The summed E-state index contributed by atoms with van der Waals surface area (Å²) in [5.41, 5.74) is 1.39. The number of ether oxygens (including phenoxy) is 1. The van der Waals surface area contributed by atoms with E-state index >= 15 is 0 Å². The van der Waals surface area contributed by atoms with Gasteiger partial charge in [-0.25, -0.2) is 0 Å². The van der Waals surface area contributed by atoms with Gasteiger partial charge in [0.25, 0.3) is 5.24 Å². The van der Waals surface area contributed by atoms with Gasteiger partial charge in [-0.3, -0.25) is 14.9 Å². The van der Waals surface area contributed by atoms with Gasteiger partial charge in [0.15, 0.2) is 0 Å². The fraction of sp³-hybridized carbons (Fsp3) is 0.652. The average molecular weight is 406 g/mol. The molecular formula is C23H35NO3S. The van der Waals surface area contributed by atoms with Crippen molar-refractivity contribution in [3.8, 4) is 5.75 Å². The SMILES string of the molecule is CCC1(COc2ccc(CC3SC(=O)NC3=O)cc2)CCCCC1.CCCC. The molecule has 0 radical (unpaired) electrons. The first-order chi connectivity index (χ1) is 13.5. The standard InChI is InChI=1S/C19H25NO3S.C4H10/c1-2-19(10-4-3-5-11-19)13-23-15-8-6-14(7-9-15)12-16-17(21)20-18(22)24-16;1-3-4-2/h6-9,16H,2-5,10-13H2,1H3,(H,20,21,22);3-4H2,1-2H3.